The van der Waals surface area contributed by atoms with Gasteiger partial charge in [0.15, 0.2) is 0 Å². The van der Waals surface area contributed by atoms with Crippen molar-refractivity contribution in [1.29, 1.82) is 0 Å². The first-order valence-electron chi connectivity index (χ1n) is 7.95. The molecule has 1 aromatic heterocycles. The molecular weight excluding hydrogens is 266 g/mol. The Bertz CT molecular complexity index is 466. The molecule has 0 aromatic carbocycles. The molecule has 0 N–H and O–H groups in total. The van der Waals surface area contributed by atoms with Gasteiger partial charge in [-0.2, -0.15) is 0 Å². The van der Waals surface area contributed by atoms with Crippen LogP contribution in [0.1, 0.15) is 62.4 Å². The van der Waals surface area contributed by atoms with Crippen LogP contribution in [0.5, 0.6) is 0 Å². The molecule has 0 saturated carbocycles. The van der Waals surface area contributed by atoms with Crippen LogP contribution >= 0.6 is 0 Å². The summed E-state index contributed by atoms with van der Waals surface area (Å²) in [7, 11) is 1.37. The average Bonchev–Trinajstić information content (AvgIpc) is 2.83. The number of esters is 1. The smallest absolute Gasteiger partial charge is 0.373 e. The van der Waals surface area contributed by atoms with E-state index in [0.29, 0.717) is 0 Å². The van der Waals surface area contributed by atoms with E-state index in [4.69, 9.17) is 4.42 Å². The maximum atomic E-state index is 11.5. The lowest BCUT2D eigenvalue weighted by Gasteiger charge is -2.26. The van der Waals surface area contributed by atoms with Crippen molar-refractivity contribution in [3.8, 4) is 0 Å². The van der Waals surface area contributed by atoms with Crippen molar-refractivity contribution in [3.63, 3.8) is 0 Å². The average molecular weight is 293 g/mol. The molecular formula is C17H27NO3. The minimum Gasteiger partial charge on any atom is -0.463 e. The van der Waals surface area contributed by atoms with Gasteiger partial charge in [-0.1, -0.05) is 13.8 Å². The van der Waals surface area contributed by atoms with Crippen molar-refractivity contribution >= 4 is 5.97 Å². The predicted molar refractivity (Wildman–Crippen MR) is 82.2 cm³/mol. The summed E-state index contributed by atoms with van der Waals surface area (Å²) in [4.78, 5) is 13.9. The highest BCUT2D eigenvalue weighted by Gasteiger charge is 2.25. The number of rotatable bonds is 4. The molecule has 118 valence electrons. The van der Waals surface area contributed by atoms with Gasteiger partial charge in [0.05, 0.1) is 13.2 Å². The molecule has 2 rings (SSSR count). The lowest BCUT2D eigenvalue weighted by Crippen LogP contribution is -2.28. The Labute approximate surface area is 127 Å². The highest BCUT2D eigenvalue weighted by molar-refractivity contribution is 5.86. The minimum absolute atomic E-state index is 0.203. The van der Waals surface area contributed by atoms with Crippen LogP contribution in [0.2, 0.25) is 0 Å². The summed E-state index contributed by atoms with van der Waals surface area (Å²) in [5.41, 5.74) is 0. The van der Waals surface area contributed by atoms with Gasteiger partial charge in [0, 0.05) is 0 Å². The Morgan fingerprint density at radius 2 is 2.05 bits per heavy atom. The molecule has 1 saturated heterocycles. The van der Waals surface area contributed by atoms with Crippen LogP contribution in [0.15, 0.2) is 16.5 Å². The van der Waals surface area contributed by atoms with Gasteiger partial charge >= 0.3 is 5.97 Å². The number of hydrogen-bond acceptors (Lipinski definition) is 4. The molecule has 1 aromatic rings. The Morgan fingerprint density at radius 3 is 2.71 bits per heavy atom. The van der Waals surface area contributed by atoms with Crippen LogP contribution in [0.3, 0.4) is 0 Å². The van der Waals surface area contributed by atoms with Crippen LogP contribution in [0, 0.1) is 11.8 Å². The fourth-order valence-electron chi connectivity index (χ4n) is 3.17. The first-order valence-corrected chi connectivity index (χ1v) is 7.95. The van der Waals surface area contributed by atoms with Crippen molar-refractivity contribution in [2.75, 3.05) is 20.2 Å². The van der Waals surface area contributed by atoms with E-state index in [2.05, 4.69) is 30.4 Å². The SMILES string of the molecule is COC(=O)c1ccc(C(C)N2CCCC(C(C)C)CC2)o1. The van der Waals surface area contributed by atoms with Gasteiger partial charge in [-0.05, 0) is 63.2 Å². The van der Waals surface area contributed by atoms with Crippen molar-refractivity contribution in [2.24, 2.45) is 11.8 Å². The van der Waals surface area contributed by atoms with Crippen LogP contribution in [0.25, 0.3) is 0 Å². The van der Waals surface area contributed by atoms with Gasteiger partial charge in [-0.3, -0.25) is 4.90 Å². The van der Waals surface area contributed by atoms with Crippen molar-refractivity contribution in [3.05, 3.63) is 23.7 Å². The molecule has 2 heterocycles. The zero-order valence-electron chi connectivity index (χ0n) is 13.6. The maximum Gasteiger partial charge on any atom is 0.373 e. The molecule has 0 spiro atoms. The molecule has 4 nitrogen and oxygen atoms in total. The van der Waals surface area contributed by atoms with E-state index in [0.717, 1.165) is 30.7 Å². The molecule has 1 aliphatic heterocycles. The molecule has 0 bridgehead atoms. The number of carbonyl (C=O) groups excluding carboxylic acids is 1. The monoisotopic (exact) mass is 293 g/mol. The van der Waals surface area contributed by atoms with Gasteiger partial charge in [0.25, 0.3) is 0 Å². The van der Waals surface area contributed by atoms with Crippen molar-refractivity contribution in [1.82, 2.24) is 4.90 Å². The third-order valence-corrected chi connectivity index (χ3v) is 4.72. The molecule has 1 aliphatic rings. The zero-order chi connectivity index (χ0) is 15.4. The van der Waals surface area contributed by atoms with Crippen LogP contribution in [-0.4, -0.2) is 31.1 Å². The van der Waals surface area contributed by atoms with E-state index in [1.54, 1.807) is 6.07 Å². The van der Waals surface area contributed by atoms with Crippen molar-refractivity contribution < 1.29 is 13.9 Å². The Balaban J connectivity index is 2.01. The molecule has 2 atom stereocenters. The first-order chi connectivity index (χ1) is 10.0. The minimum atomic E-state index is -0.413. The highest BCUT2D eigenvalue weighted by atomic mass is 16.5. The van der Waals surface area contributed by atoms with Gasteiger partial charge in [-0.15, -0.1) is 0 Å². The highest BCUT2D eigenvalue weighted by Crippen LogP contribution is 2.30. The number of ether oxygens (including phenoxy) is 1. The molecule has 0 aliphatic carbocycles. The Kier molecular flexibility index (Phi) is 5.45. The molecule has 0 radical (unpaired) electrons. The summed E-state index contributed by atoms with van der Waals surface area (Å²) in [6, 6.07) is 3.79. The van der Waals surface area contributed by atoms with Gasteiger partial charge in [0.2, 0.25) is 5.76 Å². The van der Waals surface area contributed by atoms with E-state index in [1.165, 1.54) is 26.4 Å². The van der Waals surface area contributed by atoms with Gasteiger partial charge in [-0.25, -0.2) is 4.79 Å². The van der Waals surface area contributed by atoms with Crippen LogP contribution in [-0.2, 0) is 4.74 Å². The second kappa shape index (κ2) is 7.12. The zero-order valence-corrected chi connectivity index (χ0v) is 13.6. The molecule has 4 heteroatoms. The van der Waals surface area contributed by atoms with Gasteiger partial charge < -0.3 is 9.15 Å². The summed E-state index contributed by atoms with van der Waals surface area (Å²) >= 11 is 0. The standard InChI is InChI=1S/C17H27NO3/c1-12(2)14-6-5-10-18(11-9-14)13(3)15-7-8-16(21-15)17(19)20-4/h7-8,12-14H,5-6,9-11H2,1-4H3. The van der Waals surface area contributed by atoms with Crippen molar-refractivity contribution in [2.45, 2.75) is 46.1 Å². The van der Waals surface area contributed by atoms with Crippen LogP contribution in [0.4, 0.5) is 0 Å². The van der Waals surface area contributed by atoms with E-state index >= 15 is 0 Å². The number of hydrogen-bond donors (Lipinski definition) is 0. The van der Waals surface area contributed by atoms with E-state index < -0.39 is 5.97 Å². The van der Waals surface area contributed by atoms with E-state index in [1.807, 2.05) is 6.07 Å². The number of methoxy groups -OCH3 is 1. The fraction of sp³-hybridized carbons (Fsp3) is 0.706. The molecule has 0 amide bonds. The molecule has 2 unspecified atom stereocenters. The summed E-state index contributed by atoms with van der Waals surface area (Å²) in [5.74, 6) is 2.30. The fourth-order valence-corrected chi connectivity index (χ4v) is 3.17. The number of carbonyl (C=O) groups is 1. The maximum absolute atomic E-state index is 11.5. The summed E-state index contributed by atoms with van der Waals surface area (Å²) < 4.78 is 10.3. The van der Waals surface area contributed by atoms with E-state index in [-0.39, 0.29) is 11.8 Å². The third kappa shape index (κ3) is 3.88. The van der Waals surface area contributed by atoms with E-state index in [9.17, 15) is 4.79 Å². The number of nitrogens with zero attached hydrogens (tertiary/aromatic N) is 1. The summed E-state index contributed by atoms with van der Waals surface area (Å²) in [6.45, 7) is 8.98. The molecule has 1 fully saturated rings. The molecule has 21 heavy (non-hydrogen) atoms. The Morgan fingerprint density at radius 1 is 1.29 bits per heavy atom. The summed E-state index contributed by atoms with van der Waals surface area (Å²) in [6.07, 6.45) is 3.79. The third-order valence-electron chi connectivity index (χ3n) is 4.72. The second-order valence-corrected chi connectivity index (χ2v) is 6.34. The lowest BCUT2D eigenvalue weighted by atomic mass is 9.89. The number of likely N-dealkylation sites (tertiary alicyclic amines) is 1. The predicted octanol–water partition coefficient (Wildman–Crippen LogP) is 3.89. The normalized spacial score (nSPS) is 22.0. The first kappa shape index (κ1) is 16.1. The second-order valence-electron chi connectivity index (χ2n) is 6.34. The quantitative estimate of drug-likeness (QED) is 0.790. The summed E-state index contributed by atoms with van der Waals surface area (Å²) in [5, 5.41) is 0. The largest absolute Gasteiger partial charge is 0.463 e. The topological polar surface area (TPSA) is 42.7 Å². The number of furan rings is 1. The van der Waals surface area contributed by atoms with Gasteiger partial charge in [0.1, 0.15) is 5.76 Å². The van der Waals surface area contributed by atoms with Crippen LogP contribution < -0.4 is 0 Å². The lowest BCUT2D eigenvalue weighted by molar-refractivity contribution is 0.0559. The Hall–Kier alpha value is -1.29.